The number of carbonyl (C=O) groups excluding carboxylic acids is 1. The molecular formula is C16H24N4O3S. The van der Waals surface area contributed by atoms with E-state index in [0.29, 0.717) is 5.82 Å². The number of nitrogens with two attached hydrogens (primary N) is 1. The first-order valence-electron chi connectivity index (χ1n) is 8.50. The zero-order valence-electron chi connectivity index (χ0n) is 13.6. The van der Waals surface area contributed by atoms with E-state index < -0.39 is 16.1 Å². The third-order valence-electron chi connectivity index (χ3n) is 4.66. The van der Waals surface area contributed by atoms with E-state index in [1.54, 1.807) is 0 Å². The Morgan fingerprint density at radius 2 is 1.88 bits per heavy atom. The van der Waals surface area contributed by atoms with Crippen LogP contribution in [0.15, 0.2) is 23.2 Å². The predicted octanol–water partition coefficient (Wildman–Crippen LogP) is 1.37. The number of aromatic nitrogens is 1. The zero-order chi connectivity index (χ0) is 17.2. The summed E-state index contributed by atoms with van der Waals surface area (Å²) in [5, 5.41) is 2.68. The van der Waals surface area contributed by atoms with Crippen molar-refractivity contribution in [2.24, 2.45) is 11.7 Å². The van der Waals surface area contributed by atoms with Crippen LogP contribution in [0, 0.1) is 5.92 Å². The molecule has 132 valence electrons. The van der Waals surface area contributed by atoms with Gasteiger partial charge in [0.05, 0.1) is 6.04 Å². The van der Waals surface area contributed by atoms with Gasteiger partial charge in [0.25, 0.3) is 0 Å². The van der Waals surface area contributed by atoms with Crippen LogP contribution in [-0.4, -0.2) is 31.4 Å². The lowest BCUT2D eigenvalue weighted by molar-refractivity contribution is -0.118. The third kappa shape index (κ3) is 4.31. The molecule has 1 amide bonds. The fraction of sp³-hybridized carbons (Fsp3) is 0.625. The fourth-order valence-electron chi connectivity index (χ4n) is 3.02. The van der Waals surface area contributed by atoms with Crippen molar-refractivity contribution in [3.63, 3.8) is 0 Å². The standard InChI is InChI=1S/C16H24N4O3S/c17-15(11-4-2-1-3-5-11)16(21)19-14-9-8-13(10-18-14)24(22,23)20-12-6-7-12/h8-12,15,20H,1-7,17H2,(H,18,19,21)/t15-/m0/s1. The van der Waals surface area contributed by atoms with Gasteiger partial charge in [0.1, 0.15) is 10.7 Å². The number of anilines is 1. The highest BCUT2D eigenvalue weighted by atomic mass is 32.2. The highest BCUT2D eigenvalue weighted by Gasteiger charge is 2.29. The maximum Gasteiger partial charge on any atom is 0.242 e. The smallest absolute Gasteiger partial charge is 0.242 e. The molecule has 0 aromatic carbocycles. The molecule has 3 rings (SSSR count). The summed E-state index contributed by atoms with van der Waals surface area (Å²) < 4.78 is 26.7. The van der Waals surface area contributed by atoms with Gasteiger partial charge in [0.2, 0.25) is 15.9 Å². The van der Waals surface area contributed by atoms with Gasteiger partial charge in [0, 0.05) is 12.2 Å². The van der Waals surface area contributed by atoms with E-state index >= 15 is 0 Å². The average Bonchev–Trinajstić information content (AvgIpc) is 3.38. The van der Waals surface area contributed by atoms with E-state index in [1.807, 2.05) is 0 Å². The van der Waals surface area contributed by atoms with Crippen molar-refractivity contribution >= 4 is 21.7 Å². The van der Waals surface area contributed by atoms with E-state index in [-0.39, 0.29) is 22.8 Å². The summed E-state index contributed by atoms with van der Waals surface area (Å²) in [5.41, 5.74) is 6.06. The van der Waals surface area contributed by atoms with Gasteiger partial charge in [-0.15, -0.1) is 0 Å². The van der Waals surface area contributed by atoms with Gasteiger partial charge >= 0.3 is 0 Å². The van der Waals surface area contributed by atoms with Crippen LogP contribution in [0.4, 0.5) is 5.82 Å². The summed E-state index contributed by atoms with van der Waals surface area (Å²) in [7, 11) is -3.53. The molecule has 1 aromatic rings. The first kappa shape index (κ1) is 17.3. The average molecular weight is 352 g/mol. The minimum atomic E-state index is -3.53. The van der Waals surface area contributed by atoms with Crippen LogP contribution in [-0.2, 0) is 14.8 Å². The van der Waals surface area contributed by atoms with Gasteiger partial charge in [-0.2, -0.15) is 0 Å². The van der Waals surface area contributed by atoms with Gasteiger partial charge in [-0.05, 0) is 43.7 Å². The summed E-state index contributed by atoms with van der Waals surface area (Å²) >= 11 is 0. The molecule has 7 nitrogen and oxygen atoms in total. The molecule has 2 saturated carbocycles. The Balaban J connectivity index is 1.59. The van der Waals surface area contributed by atoms with Crippen molar-refractivity contribution in [2.75, 3.05) is 5.32 Å². The van der Waals surface area contributed by atoms with Crippen molar-refractivity contribution in [1.82, 2.24) is 9.71 Å². The van der Waals surface area contributed by atoms with Crippen LogP contribution in [0.1, 0.15) is 44.9 Å². The highest BCUT2D eigenvalue weighted by molar-refractivity contribution is 7.89. The molecule has 4 N–H and O–H groups in total. The zero-order valence-corrected chi connectivity index (χ0v) is 14.4. The lowest BCUT2D eigenvalue weighted by Gasteiger charge is -2.26. The Kier molecular flexibility index (Phi) is 5.17. The van der Waals surface area contributed by atoms with E-state index in [4.69, 9.17) is 5.73 Å². The maximum absolute atomic E-state index is 12.2. The van der Waals surface area contributed by atoms with E-state index in [0.717, 1.165) is 38.5 Å². The normalized spacial score (nSPS) is 20.5. The summed E-state index contributed by atoms with van der Waals surface area (Å²) in [5.74, 6) is 0.263. The Bertz CT molecular complexity index is 680. The Morgan fingerprint density at radius 1 is 1.17 bits per heavy atom. The van der Waals surface area contributed by atoms with Gasteiger partial charge in [-0.25, -0.2) is 18.1 Å². The summed E-state index contributed by atoms with van der Waals surface area (Å²) in [6.45, 7) is 0. The van der Waals surface area contributed by atoms with Crippen molar-refractivity contribution in [3.05, 3.63) is 18.3 Å². The van der Waals surface area contributed by atoms with Crippen LogP contribution < -0.4 is 15.8 Å². The largest absolute Gasteiger partial charge is 0.320 e. The van der Waals surface area contributed by atoms with E-state index in [2.05, 4.69) is 15.0 Å². The molecule has 1 heterocycles. The lowest BCUT2D eigenvalue weighted by Crippen LogP contribution is -2.42. The molecule has 0 aliphatic heterocycles. The van der Waals surface area contributed by atoms with Crippen LogP contribution in [0.5, 0.6) is 0 Å². The molecule has 0 spiro atoms. The molecule has 2 aliphatic rings. The molecule has 0 unspecified atom stereocenters. The Labute approximate surface area is 142 Å². The third-order valence-corrected chi connectivity index (χ3v) is 6.16. The molecule has 1 atom stereocenters. The molecule has 24 heavy (non-hydrogen) atoms. The van der Waals surface area contributed by atoms with Gasteiger partial charge in [0.15, 0.2) is 0 Å². The molecule has 2 aliphatic carbocycles. The minimum absolute atomic E-state index is 0.0443. The van der Waals surface area contributed by atoms with Crippen LogP contribution >= 0.6 is 0 Å². The predicted molar refractivity (Wildman–Crippen MR) is 90.8 cm³/mol. The number of amides is 1. The molecule has 8 heteroatoms. The Morgan fingerprint density at radius 3 is 2.46 bits per heavy atom. The van der Waals surface area contributed by atoms with Crippen LogP contribution in [0.3, 0.4) is 0 Å². The van der Waals surface area contributed by atoms with E-state index in [1.165, 1.54) is 24.8 Å². The first-order valence-corrected chi connectivity index (χ1v) is 9.99. The monoisotopic (exact) mass is 352 g/mol. The van der Waals surface area contributed by atoms with E-state index in [9.17, 15) is 13.2 Å². The van der Waals surface area contributed by atoms with Crippen molar-refractivity contribution in [3.8, 4) is 0 Å². The minimum Gasteiger partial charge on any atom is -0.320 e. The number of sulfonamides is 1. The van der Waals surface area contributed by atoms with Crippen LogP contribution in [0.25, 0.3) is 0 Å². The SMILES string of the molecule is N[C@H](C(=O)Nc1ccc(S(=O)(=O)NC2CC2)cn1)C1CCCCC1. The number of nitrogens with one attached hydrogen (secondary N) is 2. The van der Waals surface area contributed by atoms with Crippen LogP contribution in [0.2, 0.25) is 0 Å². The van der Waals surface area contributed by atoms with Gasteiger partial charge in [-0.3, -0.25) is 4.79 Å². The highest BCUT2D eigenvalue weighted by Crippen LogP contribution is 2.26. The molecule has 0 bridgehead atoms. The number of carbonyl (C=O) groups is 1. The second kappa shape index (κ2) is 7.16. The number of hydrogen-bond donors (Lipinski definition) is 3. The topological polar surface area (TPSA) is 114 Å². The molecular weight excluding hydrogens is 328 g/mol. The summed E-state index contributed by atoms with van der Waals surface area (Å²) in [4.78, 5) is 16.4. The first-order chi connectivity index (χ1) is 11.5. The van der Waals surface area contributed by atoms with Crippen molar-refractivity contribution in [1.29, 1.82) is 0 Å². The summed E-state index contributed by atoms with van der Waals surface area (Å²) in [6.07, 6.45) is 8.40. The molecule has 2 fully saturated rings. The Hall–Kier alpha value is -1.51. The molecule has 1 aromatic heterocycles. The maximum atomic E-state index is 12.2. The number of nitrogens with zero attached hydrogens (tertiary/aromatic N) is 1. The molecule has 0 saturated heterocycles. The van der Waals surface area contributed by atoms with Gasteiger partial charge < -0.3 is 11.1 Å². The second-order valence-electron chi connectivity index (χ2n) is 6.69. The quantitative estimate of drug-likeness (QED) is 0.715. The number of rotatable bonds is 6. The van der Waals surface area contributed by atoms with Crippen molar-refractivity contribution < 1.29 is 13.2 Å². The summed E-state index contributed by atoms with van der Waals surface area (Å²) in [6, 6.07) is 2.43. The number of hydrogen-bond acceptors (Lipinski definition) is 5. The van der Waals surface area contributed by atoms with Crippen molar-refractivity contribution in [2.45, 2.75) is 61.9 Å². The second-order valence-corrected chi connectivity index (χ2v) is 8.40. The number of pyridine rings is 1. The lowest BCUT2D eigenvalue weighted by atomic mass is 9.84. The fourth-order valence-corrected chi connectivity index (χ4v) is 4.27. The van der Waals surface area contributed by atoms with Gasteiger partial charge in [-0.1, -0.05) is 19.3 Å². The molecule has 0 radical (unpaired) electrons.